The van der Waals surface area contributed by atoms with Crippen LogP contribution in [0.2, 0.25) is 0 Å². The second-order valence-corrected chi connectivity index (χ2v) is 3.70. The molecule has 0 spiro atoms. The number of aromatic nitrogens is 2. The van der Waals surface area contributed by atoms with Crippen molar-refractivity contribution in [3.8, 4) is 12.3 Å². The van der Waals surface area contributed by atoms with Gasteiger partial charge in [-0.05, 0) is 18.9 Å². The van der Waals surface area contributed by atoms with Crippen molar-refractivity contribution in [2.24, 2.45) is 0 Å². The Morgan fingerprint density at radius 2 is 2.00 bits per heavy atom. The molecule has 0 aromatic carbocycles. The van der Waals surface area contributed by atoms with Crippen LogP contribution in [0, 0.1) is 12.3 Å². The lowest BCUT2D eigenvalue weighted by atomic mass is 9.81. The summed E-state index contributed by atoms with van der Waals surface area (Å²) in [6.45, 7) is 6.54. The standard InChI is InChI=1S/C12H16N2/c1-5-10-8-11(14-9-13-10)12(4,6-2)7-3/h1,8-9H,6-7H2,2-4H3. The minimum Gasteiger partial charge on any atom is -0.241 e. The van der Waals surface area contributed by atoms with E-state index in [0.717, 1.165) is 18.5 Å². The van der Waals surface area contributed by atoms with Gasteiger partial charge >= 0.3 is 0 Å². The molecule has 0 amide bonds. The van der Waals surface area contributed by atoms with Gasteiger partial charge in [0.25, 0.3) is 0 Å². The number of terminal acetylenes is 1. The normalized spacial score (nSPS) is 11.0. The molecule has 0 fully saturated rings. The Morgan fingerprint density at radius 1 is 1.36 bits per heavy atom. The summed E-state index contributed by atoms with van der Waals surface area (Å²) >= 11 is 0. The van der Waals surface area contributed by atoms with Crippen molar-refractivity contribution in [2.75, 3.05) is 0 Å². The second-order valence-electron chi connectivity index (χ2n) is 3.70. The fourth-order valence-corrected chi connectivity index (χ4v) is 1.38. The summed E-state index contributed by atoms with van der Waals surface area (Å²) < 4.78 is 0. The highest BCUT2D eigenvalue weighted by atomic mass is 14.8. The van der Waals surface area contributed by atoms with E-state index >= 15 is 0 Å². The van der Waals surface area contributed by atoms with Crippen molar-refractivity contribution in [1.29, 1.82) is 0 Å². The lowest BCUT2D eigenvalue weighted by Crippen LogP contribution is -2.21. The average molecular weight is 188 g/mol. The number of hydrogen-bond donors (Lipinski definition) is 0. The zero-order chi connectivity index (χ0) is 10.6. The van der Waals surface area contributed by atoms with Crippen LogP contribution in [0.5, 0.6) is 0 Å². The number of rotatable bonds is 3. The predicted molar refractivity (Wildman–Crippen MR) is 57.9 cm³/mol. The molecule has 0 saturated heterocycles. The molecule has 0 bridgehead atoms. The zero-order valence-corrected chi connectivity index (χ0v) is 9.04. The molecule has 1 aromatic rings. The smallest absolute Gasteiger partial charge is 0.117 e. The summed E-state index contributed by atoms with van der Waals surface area (Å²) in [6.07, 6.45) is 8.97. The Bertz CT molecular complexity index is 346. The van der Waals surface area contributed by atoms with Crippen molar-refractivity contribution < 1.29 is 0 Å². The molecule has 1 heterocycles. The van der Waals surface area contributed by atoms with Crippen molar-refractivity contribution >= 4 is 0 Å². The molecular formula is C12H16N2. The van der Waals surface area contributed by atoms with Crippen molar-refractivity contribution in [2.45, 2.75) is 39.0 Å². The third kappa shape index (κ3) is 1.93. The Balaban J connectivity index is 3.12. The van der Waals surface area contributed by atoms with Crippen molar-refractivity contribution in [3.63, 3.8) is 0 Å². The number of nitrogens with zero attached hydrogens (tertiary/aromatic N) is 2. The third-order valence-corrected chi connectivity index (χ3v) is 2.99. The first-order chi connectivity index (χ1) is 6.66. The summed E-state index contributed by atoms with van der Waals surface area (Å²) in [5.41, 5.74) is 1.84. The first kappa shape index (κ1) is 10.7. The van der Waals surface area contributed by atoms with Gasteiger partial charge in [0.05, 0.1) is 5.69 Å². The molecule has 0 saturated carbocycles. The molecule has 2 heteroatoms. The van der Waals surface area contributed by atoms with E-state index in [4.69, 9.17) is 6.42 Å². The van der Waals surface area contributed by atoms with Crippen LogP contribution >= 0.6 is 0 Å². The van der Waals surface area contributed by atoms with Crippen LogP contribution in [0.3, 0.4) is 0 Å². The molecule has 1 rings (SSSR count). The Hall–Kier alpha value is -1.36. The summed E-state index contributed by atoms with van der Waals surface area (Å²) in [4.78, 5) is 8.29. The first-order valence-corrected chi connectivity index (χ1v) is 4.95. The van der Waals surface area contributed by atoms with Crippen LogP contribution in [0.25, 0.3) is 0 Å². The molecule has 1 aromatic heterocycles. The largest absolute Gasteiger partial charge is 0.241 e. The van der Waals surface area contributed by atoms with Gasteiger partial charge in [-0.2, -0.15) is 0 Å². The highest BCUT2D eigenvalue weighted by Gasteiger charge is 2.23. The van der Waals surface area contributed by atoms with E-state index in [0.29, 0.717) is 5.69 Å². The van der Waals surface area contributed by atoms with E-state index in [-0.39, 0.29) is 5.41 Å². The Kier molecular flexibility index (Phi) is 3.24. The first-order valence-electron chi connectivity index (χ1n) is 4.95. The Morgan fingerprint density at radius 3 is 2.50 bits per heavy atom. The summed E-state index contributed by atoms with van der Waals surface area (Å²) in [5.74, 6) is 2.54. The minimum atomic E-state index is 0.120. The van der Waals surface area contributed by atoms with E-state index in [9.17, 15) is 0 Å². The van der Waals surface area contributed by atoms with Crippen LogP contribution in [0.1, 0.15) is 45.0 Å². The second kappa shape index (κ2) is 4.23. The molecule has 0 aliphatic heterocycles. The molecule has 2 nitrogen and oxygen atoms in total. The highest BCUT2D eigenvalue weighted by molar-refractivity contribution is 5.28. The molecule has 74 valence electrons. The molecule has 0 atom stereocenters. The van der Waals surface area contributed by atoms with Gasteiger partial charge in [-0.25, -0.2) is 9.97 Å². The van der Waals surface area contributed by atoms with Crippen LogP contribution in [0.4, 0.5) is 0 Å². The predicted octanol–water partition coefficient (Wildman–Crippen LogP) is 2.54. The molecule has 14 heavy (non-hydrogen) atoms. The molecular weight excluding hydrogens is 172 g/mol. The van der Waals surface area contributed by atoms with Gasteiger partial charge < -0.3 is 0 Å². The van der Waals surface area contributed by atoms with E-state index < -0.39 is 0 Å². The molecule has 0 unspecified atom stereocenters. The highest BCUT2D eigenvalue weighted by Crippen LogP contribution is 2.29. The number of hydrogen-bond acceptors (Lipinski definition) is 2. The van der Waals surface area contributed by atoms with E-state index in [1.54, 1.807) is 6.33 Å². The van der Waals surface area contributed by atoms with Crippen molar-refractivity contribution in [3.05, 3.63) is 23.8 Å². The maximum Gasteiger partial charge on any atom is 0.117 e. The van der Waals surface area contributed by atoms with Crippen molar-refractivity contribution in [1.82, 2.24) is 9.97 Å². The summed E-state index contributed by atoms with van der Waals surface area (Å²) in [5, 5.41) is 0. The lowest BCUT2D eigenvalue weighted by molar-refractivity contribution is 0.425. The average Bonchev–Trinajstić information content (AvgIpc) is 2.28. The molecule has 0 aliphatic carbocycles. The molecule has 0 aliphatic rings. The summed E-state index contributed by atoms with van der Waals surface area (Å²) in [7, 11) is 0. The SMILES string of the molecule is C#Cc1cc(C(C)(CC)CC)ncn1. The molecule has 0 N–H and O–H groups in total. The minimum absolute atomic E-state index is 0.120. The van der Waals surface area contributed by atoms with Gasteiger partial charge in [0.1, 0.15) is 12.0 Å². The van der Waals surface area contributed by atoms with Gasteiger partial charge in [0.2, 0.25) is 0 Å². The van der Waals surface area contributed by atoms with Crippen LogP contribution in [-0.4, -0.2) is 9.97 Å². The maximum atomic E-state index is 5.30. The maximum absolute atomic E-state index is 5.30. The van der Waals surface area contributed by atoms with E-state index in [1.807, 2.05) is 6.07 Å². The van der Waals surface area contributed by atoms with Crippen LogP contribution < -0.4 is 0 Å². The van der Waals surface area contributed by atoms with Crippen LogP contribution in [0.15, 0.2) is 12.4 Å². The fraction of sp³-hybridized carbons (Fsp3) is 0.500. The fourth-order valence-electron chi connectivity index (χ4n) is 1.38. The third-order valence-electron chi connectivity index (χ3n) is 2.99. The van der Waals surface area contributed by atoms with Gasteiger partial charge in [-0.1, -0.05) is 26.7 Å². The van der Waals surface area contributed by atoms with E-state index in [1.165, 1.54) is 0 Å². The van der Waals surface area contributed by atoms with Crippen LogP contribution in [-0.2, 0) is 5.41 Å². The quantitative estimate of drug-likeness (QED) is 0.681. The van der Waals surface area contributed by atoms with E-state index in [2.05, 4.69) is 36.7 Å². The monoisotopic (exact) mass is 188 g/mol. The van der Waals surface area contributed by atoms with Gasteiger partial charge in [0, 0.05) is 5.41 Å². The lowest BCUT2D eigenvalue weighted by Gasteiger charge is -2.25. The summed E-state index contributed by atoms with van der Waals surface area (Å²) in [6, 6.07) is 1.91. The van der Waals surface area contributed by atoms with Gasteiger partial charge in [-0.15, -0.1) is 6.42 Å². The topological polar surface area (TPSA) is 25.8 Å². The van der Waals surface area contributed by atoms with Gasteiger partial charge in [0.15, 0.2) is 0 Å². The Labute approximate surface area is 85.8 Å². The molecule has 0 radical (unpaired) electrons. The van der Waals surface area contributed by atoms with Gasteiger partial charge in [-0.3, -0.25) is 0 Å². The zero-order valence-electron chi connectivity index (χ0n) is 9.04.